The van der Waals surface area contributed by atoms with Crippen molar-refractivity contribution in [1.82, 2.24) is 4.90 Å². The minimum atomic E-state index is -4.39. The van der Waals surface area contributed by atoms with Gasteiger partial charge in [-0.3, -0.25) is 9.69 Å². The maximum absolute atomic E-state index is 12.6. The molecule has 0 unspecified atom stereocenters. The fourth-order valence-corrected chi connectivity index (χ4v) is 3.31. The van der Waals surface area contributed by atoms with Crippen LogP contribution in [0.25, 0.3) is 6.08 Å². The van der Waals surface area contributed by atoms with E-state index in [0.29, 0.717) is 26.3 Å². The Morgan fingerprint density at radius 3 is 2.27 bits per heavy atom. The Morgan fingerprint density at radius 1 is 1.08 bits per heavy atom. The number of amidine groups is 1. The first-order valence-electron chi connectivity index (χ1n) is 7.43. The first-order valence-corrected chi connectivity index (χ1v) is 8.62. The molecule has 1 fully saturated rings. The van der Waals surface area contributed by atoms with E-state index in [0.717, 1.165) is 23.9 Å². The summed E-state index contributed by atoms with van der Waals surface area (Å²) in [6.07, 6.45) is -2.84. The van der Waals surface area contributed by atoms with Crippen molar-refractivity contribution in [2.45, 2.75) is 6.18 Å². The molecule has 1 aliphatic rings. The molecule has 134 valence electrons. The first-order chi connectivity index (χ1) is 12.2. The highest BCUT2D eigenvalue weighted by atomic mass is 35.5. The molecule has 2 aromatic carbocycles. The van der Waals surface area contributed by atoms with Crippen LogP contribution in [0, 0.1) is 0 Å². The van der Waals surface area contributed by atoms with Crippen LogP contribution in [0.5, 0.6) is 0 Å². The smallest absolute Gasteiger partial charge is 0.290 e. The fraction of sp³-hybridized carbons (Fsp3) is 0.111. The van der Waals surface area contributed by atoms with Crippen LogP contribution in [0.15, 0.2) is 58.4 Å². The Morgan fingerprint density at radius 2 is 1.69 bits per heavy atom. The van der Waals surface area contributed by atoms with E-state index < -0.39 is 11.7 Å². The van der Waals surface area contributed by atoms with Gasteiger partial charge in [-0.25, -0.2) is 4.99 Å². The zero-order chi connectivity index (χ0) is 18.9. The van der Waals surface area contributed by atoms with Crippen LogP contribution in [0.2, 0.25) is 5.02 Å². The molecule has 0 aromatic heterocycles. The number of amides is 1. The van der Waals surface area contributed by atoms with Crippen LogP contribution in [-0.4, -0.2) is 23.0 Å². The van der Waals surface area contributed by atoms with Gasteiger partial charge < -0.3 is 0 Å². The molecule has 0 bridgehead atoms. The van der Waals surface area contributed by atoms with Crippen molar-refractivity contribution in [3.05, 3.63) is 69.6 Å². The Labute approximate surface area is 157 Å². The quantitative estimate of drug-likeness (QED) is 0.619. The van der Waals surface area contributed by atoms with E-state index in [1.165, 1.54) is 17.0 Å². The number of halogens is 4. The maximum atomic E-state index is 12.6. The van der Waals surface area contributed by atoms with Crippen LogP contribution in [0.1, 0.15) is 11.1 Å². The highest BCUT2D eigenvalue weighted by Gasteiger charge is 2.31. The Bertz CT molecular complexity index is 890. The number of aliphatic imine (C=N–C) groups is 1. The van der Waals surface area contributed by atoms with Gasteiger partial charge in [-0.05, 0) is 59.8 Å². The monoisotopic (exact) mass is 396 g/mol. The van der Waals surface area contributed by atoms with Gasteiger partial charge in [-0.15, -0.1) is 0 Å². The van der Waals surface area contributed by atoms with Crippen molar-refractivity contribution >= 4 is 46.2 Å². The lowest BCUT2D eigenvalue weighted by molar-refractivity contribution is -0.137. The molecule has 0 spiro atoms. The molecule has 0 radical (unpaired) electrons. The van der Waals surface area contributed by atoms with E-state index >= 15 is 0 Å². The van der Waals surface area contributed by atoms with Crippen molar-refractivity contribution < 1.29 is 18.0 Å². The number of likely N-dealkylation sites (N-methyl/N-ethyl adjacent to an activating group) is 1. The Hall–Kier alpha value is -2.25. The largest absolute Gasteiger partial charge is 0.416 e. The predicted octanol–water partition coefficient (Wildman–Crippen LogP) is 5.59. The van der Waals surface area contributed by atoms with E-state index in [4.69, 9.17) is 11.6 Å². The highest BCUT2D eigenvalue weighted by molar-refractivity contribution is 8.18. The second kappa shape index (κ2) is 7.17. The van der Waals surface area contributed by atoms with E-state index in [2.05, 4.69) is 4.99 Å². The third-order valence-electron chi connectivity index (χ3n) is 3.59. The molecule has 3 rings (SSSR count). The molecule has 8 heteroatoms. The van der Waals surface area contributed by atoms with Gasteiger partial charge >= 0.3 is 6.18 Å². The lowest BCUT2D eigenvalue weighted by atomic mass is 10.1. The average molecular weight is 397 g/mol. The number of alkyl halides is 3. The van der Waals surface area contributed by atoms with E-state index in [9.17, 15) is 18.0 Å². The van der Waals surface area contributed by atoms with Crippen LogP contribution in [0.4, 0.5) is 18.9 Å². The number of thioether (sulfide) groups is 1. The minimum Gasteiger partial charge on any atom is -0.290 e. The molecule has 1 amide bonds. The van der Waals surface area contributed by atoms with Gasteiger partial charge in [0.1, 0.15) is 0 Å². The van der Waals surface area contributed by atoms with Gasteiger partial charge in [0.25, 0.3) is 5.91 Å². The molecule has 0 aliphatic carbocycles. The van der Waals surface area contributed by atoms with Gasteiger partial charge in [0, 0.05) is 12.1 Å². The van der Waals surface area contributed by atoms with Gasteiger partial charge in [0.05, 0.1) is 16.2 Å². The van der Waals surface area contributed by atoms with Gasteiger partial charge in [-0.1, -0.05) is 23.7 Å². The lowest BCUT2D eigenvalue weighted by Crippen LogP contribution is -2.23. The van der Waals surface area contributed by atoms with E-state index in [1.807, 2.05) is 0 Å². The molecule has 3 nitrogen and oxygen atoms in total. The number of carbonyl (C=O) groups excluding carboxylic acids is 1. The van der Waals surface area contributed by atoms with E-state index in [1.54, 1.807) is 37.4 Å². The third kappa shape index (κ3) is 4.11. The number of carbonyl (C=O) groups is 1. The minimum absolute atomic E-state index is 0.261. The van der Waals surface area contributed by atoms with Crippen LogP contribution in [0.3, 0.4) is 0 Å². The molecule has 1 saturated heterocycles. The summed E-state index contributed by atoms with van der Waals surface area (Å²) in [7, 11) is 1.59. The number of benzene rings is 2. The number of hydrogen-bond acceptors (Lipinski definition) is 3. The summed E-state index contributed by atoms with van der Waals surface area (Å²) < 4.78 is 37.8. The van der Waals surface area contributed by atoms with Crippen LogP contribution >= 0.6 is 23.4 Å². The summed E-state index contributed by atoms with van der Waals surface area (Å²) in [5, 5.41) is 1.07. The zero-order valence-electron chi connectivity index (χ0n) is 13.4. The van der Waals surface area contributed by atoms with Crippen LogP contribution in [-0.2, 0) is 11.0 Å². The number of hydrogen-bond donors (Lipinski definition) is 0. The van der Waals surface area contributed by atoms with Gasteiger partial charge in [-0.2, -0.15) is 13.2 Å². The summed E-state index contributed by atoms with van der Waals surface area (Å²) in [6, 6.07) is 11.5. The molecule has 1 heterocycles. The van der Waals surface area contributed by atoms with Crippen molar-refractivity contribution in [2.24, 2.45) is 4.99 Å². The Kier molecular flexibility index (Phi) is 5.11. The summed E-state index contributed by atoms with van der Waals surface area (Å²) >= 11 is 7.00. The number of nitrogens with zero attached hydrogens (tertiary/aromatic N) is 2. The SMILES string of the molecule is CN1C(=O)/C(=C/c2ccc(C(F)(F)F)cc2)SC1=Nc1ccc(Cl)cc1. The Balaban J connectivity index is 1.84. The second-order valence-corrected chi connectivity index (χ2v) is 6.91. The van der Waals surface area contributed by atoms with Crippen molar-refractivity contribution in [2.75, 3.05) is 7.05 Å². The molecule has 1 aliphatic heterocycles. The fourth-order valence-electron chi connectivity index (χ4n) is 2.20. The molecule has 0 N–H and O–H groups in total. The molecular formula is C18H12ClF3N2OS. The lowest BCUT2D eigenvalue weighted by Gasteiger charge is -2.07. The molecule has 26 heavy (non-hydrogen) atoms. The molecular weight excluding hydrogens is 385 g/mol. The second-order valence-electron chi connectivity index (χ2n) is 5.47. The third-order valence-corrected chi connectivity index (χ3v) is 4.90. The molecule has 0 atom stereocenters. The maximum Gasteiger partial charge on any atom is 0.416 e. The standard InChI is InChI=1S/C18H12ClF3N2OS/c1-24-16(25)15(10-11-2-4-12(5-3-11)18(20,21)22)26-17(24)23-14-8-6-13(19)7-9-14/h2-10H,1H3/b15-10-,23-17?. The first kappa shape index (κ1) is 18.5. The number of rotatable bonds is 2. The molecule has 0 saturated carbocycles. The average Bonchev–Trinajstić information content (AvgIpc) is 2.85. The summed E-state index contributed by atoms with van der Waals surface area (Å²) in [5.41, 5.74) is 0.425. The van der Waals surface area contributed by atoms with Gasteiger partial charge in [0.15, 0.2) is 5.17 Å². The van der Waals surface area contributed by atoms with Gasteiger partial charge in [0.2, 0.25) is 0 Å². The van der Waals surface area contributed by atoms with E-state index in [-0.39, 0.29) is 5.91 Å². The normalized spacial score (nSPS) is 18.2. The summed E-state index contributed by atoms with van der Waals surface area (Å²) in [6.45, 7) is 0. The van der Waals surface area contributed by atoms with Crippen molar-refractivity contribution in [3.8, 4) is 0 Å². The summed E-state index contributed by atoms with van der Waals surface area (Å²) in [4.78, 5) is 18.5. The zero-order valence-corrected chi connectivity index (χ0v) is 15.0. The van der Waals surface area contributed by atoms with Crippen molar-refractivity contribution in [3.63, 3.8) is 0 Å². The topological polar surface area (TPSA) is 32.7 Å². The van der Waals surface area contributed by atoms with Crippen molar-refractivity contribution in [1.29, 1.82) is 0 Å². The highest BCUT2D eigenvalue weighted by Crippen LogP contribution is 2.34. The predicted molar refractivity (Wildman–Crippen MR) is 98.3 cm³/mol. The molecule has 2 aromatic rings. The van der Waals surface area contributed by atoms with Crippen LogP contribution < -0.4 is 0 Å². The summed E-state index contributed by atoms with van der Waals surface area (Å²) in [5.74, 6) is -0.261.